The summed E-state index contributed by atoms with van der Waals surface area (Å²) in [5.74, 6) is -2.75. The first-order valence-corrected chi connectivity index (χ1v) is 27.9. The summed E-state index contributed by atoms with van der Waals surface area (Å²) in [6.45, 7) is 16.5. The van der Waals surface area contributed by atoms with Crippen LogP contribution in [-0.2, 0) is 20.9 Å². The van der Waals surface area contributed by atoms with Crippen LogP contribution in [0.5, 0.6) is 0 Å². The molecule has 2 atom stereocenters. The van der Waals surface area contributed by atoms with E-state index in [9.17, 15) is 9.59 Å². The summed E-state index contributed by atoms with van der Waals surface area (Å²) < 4.78 is 9.82. The Kier molecular flexibility index (Phi) is 21.8. The summed E-state index contributed by atoms with van der Waals surface area (Å²) in [4.78, 5) is 21.1. The van der Waals surface area contributed by atoms with E-state index in [1.165, 1.54) is 221 Å². The summed E-state index contributed by atoms with van der Waals surface area (Å²) in [7, 11) is 1.24. The number of rotatable bonds is 29. The highest BCUT2D eigenvalue weighted by Gasteiger charge is 2.26. The molecule has 0 fully saturated rings. The molecule has 7 rings (SSSR count). The van der Waals surface area contributed by atoms with Crippen molar-refractivity contribution >= 4 is 55.6 Å². The lowest BCUT2D eigenvalue weighted by Crippen LogP contribution is -2.36. The minimum Gasteiger partial charge on any atom is -0.481 e. The maximum absolute atomic E-state index is 10.8. The molecule has 0 radical (unpaired) electrons. The second kappa shape index (κ2) is 28.1. The van der Waals surface area contributed by atoms with E-state index in [2.05, 4.69) is 143 Å². The molecular weight excluding hydrogens is 879 g/mol. The molecule has 9 nitrogen and oxygen atoms in total. The van der Waals surface area contributed by atoms with E-state index in [4.69, 9.17) is 5.11 Å². The third-order valence-electron chi connectivity index (χ3n) is 15.3. The molecule has 9 heteroatoms. The molecule has 0 bridgehead atoms. The van der Waals surface area contributed by atoms with Gasteiger partial charge >= 0.3 is 11.9 Å². The van der Waals surface area contributed by atoms with Crippen LogP contribution in [0.2, 0.25) is 0 Å². The fourth-order valence-corrected chi connectivity index (χ4v) is 10.6. The standard InChI is InChI=1S/C55H77N5.C7H12O4/c1-6-9-11-13-17-21-25-47(26-22-18-14-12-10-7-2)60-54-38-43(5)28-32-50(54)51-34-30-45(40-55(51)60)44-29-33-49-48-31-27-42(4)37-52(48)59(53(49)39-44)36-24-20-16-15-19-23-35-58-41-46(8-3)56-57-58;1-4(6(8)9)5(2)7(10)11-3/h27-34,37-41,47,56-57H,6-26,35-36H2,1-5H3;4-5H,1-3H3,(H,8,9). The summed E-state index contributed by atoms with van der Waals surface area (Å²) in [6, 6.07) is 29.4. The largest absolute Gasteiger partial charge is 0.481 e. The number of fused-ring (bicyclic) bond motifs is 6. The molecule has 0 aliphatic carbocycles. The lowest BCUT2D eigenvalue weighted by molar-refractivity contribution is -0.154. The Balaban J connectivity index is 0.000000670. The van der Waals surface area contributed by atoms with Gasteiger partial charge in [-0.15, -0.1) is 5.53 Å². The number of esters is 1. The van der Waals surface area contributed by atoms with Gasteiger partial charge in [-0.3, -0.25) is 14.6 Å². The highest BCUT2D eigenvalue weighted by atomic mass is 16.5. The molecule has 1 aliphatic heterocycles. The lowest BCUT2D eigenvalue weighted by Gasteiger charge is -2.22. The number of carbonyl (C=O) groups is 2. The van der Waals surface area contributed by atoms with Gasteiger partial charge in [-0.05, 0) is 92.5 Å². The van der Waals surface area contributed by atoms with Crippen molar-refractivity contribution in [1.29, 1.82) is 0 Å². The zero-order valence-corrected chi connectivity index (χ0v) is 45.0. The number of aromatic nitrogens is 2. The number of benzene rings is 4. The molecule has 3 heterocycles. The molecule has 71 heavy (non-hydrogen) atoms. The van der Waals surface area contributed by atoms with Gasteiger partial charge in [0, 0.05) is 74.6 Å². The van der Waals surface area contributed by atoms with Crippen LogP contribution in [0.15, 0.2) is 84.7 Å². The molecular formula is C62H89N5O4. The van der Waals surface area contributed by atoms with Gasteiger partial charge in [-0.1, -0.05) is 186 Å². The quantitative estimate of drug-likeness (QED) is 0.0318. The van der Waals surface area contributed by atoms with Crippen LogP contribution in [0.25, 0.3) is 54.7 Å². The number of hydrazine groups is 2. The number of hydrogen-bond acceptors (Lipinski definition) is 6. The van der Waals surface area contributed by atoms with E-state index < -0.39 is 23.8 Å². The van der Waals surface area contributed by atoms with Gasteiger partial charge < -0.3 is 24.4 Å². The normalized spacial score (nSPS) is 13.5. The van der Waals surface area contributed by atoms with Crippen LogP contribution in [0.4, 0.5) is 0 Å². The molecule has 0 saturated carbocycles. The number of hydrogen-bond donors (Lipinski definition) is 3. The van der Waals surface area contributed by atoms with Crippen molar-refractivity contribution in [1.82, 2.24) is 25.1 Å². The van der Waals surface area contributed by atoms with Gasteiger partial charge in [0.05, 0.1) is 18.9 Å². The number of nitrogens with one attached hydrogen (secondary N) is 2. The van der Waals surface area contributed by atoms with Crippen LogP contribution in [0.1, 0.15) is 187 Å². The predicted octanol–water partition coefficient (Wildman–Crippen LogP) is 16.7. The number of carboxylic acid groups (broad SMARTS) is 1. The molecule has 386 valence electrons. The van der Waals surface area contributed by atoms with Crippen LogP contribution < -0.4 is 11.0 Å². The summed E-state index contributed by atoms with van der Waals surface area (Å²) in [5.41, 5.74) is 18.7. The molecule has 0 spiro atoms. The number of aryl methyl sites for hydroxylation is 3. The average Bonchev–Trinajstić information content (AvgIpc) is 4.06. The van der Waals surface area contributed by atoms with Gasteiger partial charge in [0.2, 0.25) is 0 Å². The monoisotopic (exact) mass is 968 g/mol. The Morgan fingerprint density at radius 1 is 0.563 bits per heavy atom. The van der Waals surface area contributed by atoms with Gasteiger partial charge in [0.25, 0.3) is 0 Å². The summed E-state index contributed by atoms with van der Waals surface area (Å²) in [6.07, 6.45) is 29.6. The molecule has 6 aromatic rings. The number of aliphatic carboxylic acids is 1. The van der Waals surface area contributed by atoms with Gasteiger partial charge in [0.15, 0.2) is 0 Å². The Labute approximate surface area is 426 Å². The smallest absolute Gasteiger partial charge is 0.309 e. The van der Waals surface area contributed by atoms with Crippen molar-refractivity contribution < 1.29 is 19.4 Å². The third-order valence-corrected chi connectivity index (χ3v) is 15.3. The zero-order chi connectivity index (χ0) is 50.7. The number of methoxy groups -OCH3 is 1. The highest BCUT2D eigenvalue weighted by molar-refractivity contribution is 6.11. The average molecular weight is 968 g/mol. The maximum atomic E-state index is 10.8. The Hall–Kier alpha value is -5.28. The van der Waals surface area contributed by atoms with Crippen LogP contribution in [0, 0.1) is 25.7 Å². The van der Waals surface area contributed by atoms with E-state index in [1.54, 1.807) is 0 Å². The summed E-state index contributed by atoms with van der Waals surface area (Å²) in [5, 5.41) is 16.3. The number of unbranched alkanes of at least 4 members (excludes halogenated alkanes) is 15. The topological polar surface area (TPSA) is 101 Å². The minimum atomic E-state index is -0.983. The second-order valence-corrected chi connectivity index (χ2v) is 20.8. The molecule has 0 saturated heterocycles. The number of carbonyl (C=O) groups excluding carboxylic acids is 1. The van der Waals surface area contributed by atoms with E-state index in [0.29, 0.717) is 6.04 Å². The SMILES string of the molecule is CCCCCCCCC(CCCCCCCC)n1c2cc(C)ccc2c2ccc(-c3ccc4c5ccc(C)cc5n(CCCCCCCCN5C=C(CC)NN5)c4c3)cc21.COC(=O)C(C)C(C)C(=O)O. The Bertz CT molecular complexity index is 2640. The first kappa shape index (κ1) is 55.0. The van der Waals surface area contributed by atoms with Crippen molar-refractivity contribution in [2.75, 3.05) is 13.7 Å². The molecule has 1 aliphatic rings. The van der Waals surface area contributed by atoms with Crippen LogP contribution >= 0.6 is 0 Å². The molecule has 0 amide bonds. The molecule has 2 aromatic heterocycles. The molecule has 2 unspecified atom stereocenters. The van der Waals surface area contributed by atoms with E-state index in [1.807, 2.05) is 0 Å². The van der Waals surface area contributed by atoms with Crippen molar-refractivity contribution in [2.45, 2.75) is 196 Å². The van der Waals surface area contributed by atoms with E-state index in [-0.39, 0.29) is 0 Å². The van der Waals surface area contributed by atoms with Crippen molar-refractivity contribution in [3.05, 3.63) is 95.8 Å². The Morgan fingerprint density at radius 2 is 1.01 bits per heavy atom. The second-order valence-electron chi connectivity index (χ2n) is 20.8. The van der Waals surface area contributed by atoms with Crippen LogP contribution in [-0.4, -0.2) is 44.8 Å². The van der Waals surface area contributed by atoms with Gasteiger partial charge in [-0.25, -0.2) is 0 Å². The molecule has 3 N–H and O–H groups in total. The number of carboxylic acids is 1. The fraction of sp³-hybridized carbons (Fsp3) is 0.548. The van der Waals surface area contributed by atoms with Gasteiger partial charge in [0.1, 0.15) is 0 Å². The van der Waals surface area contributed by atoms with Crippen molar-refractivity contribution in [3.8, 4) is 11.1 Å². The zero-order valence-electron chi connectivity index (χ0n) is 45.0. The maximum Gasteiger partial charge on any atom is 0.309 e. The summed E-state index contributed by atoms with van der Waals surface area (Å²) >= 11 is 0. The van der Waals surface area contributed by atoms with Crippen LogP contribution in [0.3, 0.4) is 0 Å². The number of allylic oxidation sites excluding steroid dienone is 1. The van der Waals surface area contributed by atoms with E-state index in [0.717, 1.165) is 19.5 Å². The Morgan fingerprint density at radius 3 is 1.54 bits per heavy atom. The van der Waals surface area contributed by atoms with Crippen molar-refractivity contribution in [3.63, 3.8) is 0 Å². The lowest BCUT2D eigenvalue weighted by atomic mass is 9.97. The number of nitrogens with zero attached hydrogens (tertiary/aromatic N) is 3. The van der Waals surface area contributed by atoms with Crippen molar-refractivity contribution in [2.24, 2.45) is 11.8 Å². The number of ether oxygens (including phenoxy) is 1. The first-order valence-electron chi connectivity index (χ1n) is 27.9. The predicted molar refractivity (Wildman–Crippen MR) is 299 cm³/mol. The van der Waals surface area contributed by atoms with E-state index >= 15 is 0 Å². The van der Waals surface area contributed by atoms with Gasteiger partial charge in [-0.2, -0.15) is 0 Å². The highest BCUT2D eigenvalue weighted by Crippen LogP contribution is 2.40. The fourth-order valence-electron chi connectivity index (χ4n) is 10.6. The first-order chi connectivity index (χ1) is 34.5. The minimum absolute atomic E-state index is 0.486. The third kappa shape index (κ3) is 14.9. The molecule has 4 aromatic carbocycles.